The summed E-state index contributed by atoms with van der Waals surface area (Å²) in [7, 11) is 1.82. The Morgan fingerprint density at radius 2 is 1.57 bits per heavy atom. The molecular weight excluding hydrogens is 440 g/mol. The molecule has 2 aromatic heterocycles. The molecular formula is C28H26N4O3. The molecule has 3 aromatic carbocycles. The molecule has 7 nitrogen and oxygen atoms in total. The van der Waals surface area contributed by atoms with Crippen LogP contribution in [0.15, 0.2) is 82.4 Å². The summed E-state index contributed by atoms with van der Waals surface area (Å²) < 4.78 is 4.45. The lowest BCUT2D eigenvalue weighted by atomic mass is 10.1. The van der Waals surface area contributed by atoms with Crippen LogP contribution in [-0.4, -0.2) is 19.6 Å². The topological polar surface area (TPSA) is 78.0 Å². The summed E-state index contributed by atoms with van der Waals surface area (Å²) in [6.07, 6.45) is 0. The fourth-order valence-corrected chi connectivity index (χ4v) is 4.61. The van der Waals surface area contributed by atoms with Crippen molar-refractivity contribution in [2.75, 3.05) is 5.32 Å². The number of nitrogens with zero attached hydrogens (tertiary/aromatic N) is 3. The maximum absolute atomic E-state index is 13.7. The summed E-state index contributed by atoms with van der Waals surface area (Å²) in [5, 5.41) is 3.68. The van der Waals surface area contributed by atoms with Gasteiger partial charge in [-0.3, -0.25) is 18.7 Å². The van der Waals surface area contributed by atoms with E-state index in [0.717, 1.165) is 27.6 Å². The van der Waals surface area contributed by atoms with Crippen LogP contribution in [-0.2, 0) is 24.9 Å². The van der Waals surface area contributed by atoms with E-state index in [0.29, 0.717) is 16.7 Å². The van der Waals surface area contributed by atoms with Crippen molar-refractivity contribution in [3.8, 4) is 0 Å². The molecule has 0 unspecified atom stereocenters. The van der Waals surface area contributed by atoms with E-state index < -0.39 is 5.69 Å². The molecule has 1 N–H and O–H groups in total. The number of hydrogen-bond acceptors (Lipinski definition) is 3. The fourth-order valence-electron chi connectivity index (χ4n) is 4.61. The molecule has 0 fully saturated rings. The molecule has 0 bridgehead atoms. The summed E-state index contributed by atoms with van der Waals surface area (Å²) in [6, 6.07) is 22.7. The van der Waals surface area contributed by atoms with Gasteiger partial charge in [0.1, 0.15) is 12.1 Å². The van der Waals surface area contributed by atoms with Crippen molar-refractivity contribution in [2.45, 2.75) is 26.9 Å². The maximum atomic E-state index is 13.7. The predicted octanol–water partition coefficient (Wildman–Crippen LogP) is 3.96. The van der Waals surface area contributed by atoms with E-state index in [2.05, 4.69) is 5.32 Å². The highest BCUT2D eigenvalue weighted by atomic mass is 16.2. The number of carbonyl (C=O) groups excluding carboxylic acids is 1. The molecule has 0 aliphatic carbocycles. The molecule has 35 heavy (non-hydrogen) atoms. The Morgan fingerprint density at radius 3 is 2.31 bits per heavy atom. The lowest BCUT2D eigenvalue weighted by Crippen LogP contribution is -2.42. The standard InChI is InChI=1S/C28H26N4O3/c1-18-13-14-23-21(15-18)25-26(30(23)3)27(34)32(16-20-10-5-4-6-11-20)28(35)31(25)17-24(33)29-22-12-8-7-9-19(22)2/h4-15H,16-17H2,1-3H3,(H,29,33). The van der Waals surface area contributed by atoms with Crippen LogP contribution in [0.1, 0.15) is 16.7 Å². The van der Waals surface area contributed by atoms with Gasteiger partial charge in [-0.05, 0) is 43.2 Å². The molecule has 0 radical (unpaired) electrons. The highest BCUT2D eigenvalue weighted by Gasteiger charge is 2.22. The normalized spacial score (nSPS) is 11.3. The molecule has 1 amide bonds. The van der Waals surface area contributed by atoms with Crippen molar-refractivity contribution < 1.29 is 4.79 Å². The van der Waals surface area contributed by atoms with Gasteiger partial charge in [0, 0.05) is 18.1 Å². The van der Waals surface area contributed by atoms with Gasteiger partial charge in [-0.15, -0.1) is 0 Å². The first-order valence-electron chi connectivity index (χ1n) is 11.5. The number of aryl methyl sites for hydroxylation is 3. The number of nitrogens with one attached hydrogen (secondary N) is 1. The Morgan fingerprint density at radius 1 is 0.857 bits per heavy atom. The minimum Gasteiger partial charge on any atom is -0.338 e. The van der Waals surface area contributed by atoms with E-state index in [9.17, 15) is 14.4 Å². The van der Waals surface area contributed by atoms with Gasteiger partial charge in [0.2, 0.25) is 5.91 Å². The second-order valence-corrected chi connectivity index (χ2v) is 8.89. The summed E-state index contributed by atoms with van der Waals surface area (Å²) in [4.78, 5) is 40.5. The third-order valence-corrected chi connectivity index (χ3v) is 6.41. The molecule has 0 aliphatic rings. The quantitative estimate of drug-likeness (QED) is 0.426. The number of para-hydroxylation sites is 1. The van der Waals surface area contributed by atoms with Crippen LogP contribution in [0, 0.1) is 13.8 Å². The van der Waals surface area contributed by atoms with Crippen molar-refractivity contribution in [3.63, 3.8) is 0 Å². The number of benzene rings is 3. The molecule has 5 rings (SSSR count). The van der Waals surface area contributed by atoms with Crippen LogP contribution >= 0.6 is 0 Å². The predicted molar refractivity (Wildman–Crippen MR) is 139 cm³/mol. The van der Waals surface area contributed by atoms with Crippen LogP contribution in [0.5, 0.6) is 0 Å². The molecule has 5 aromatic rings. The van der Waals surface area contributed by atoms with Crippen LogP contribution in [0.25, 0.3) is 21.9 Å². The van der Waals surface area contributed by atoms with Gasteiger partial charge in [0.15, 0.2) is 0 Å². The third-order valence-electron chi connectivity index (χ3n) is 6.41. The number of rotatable bonds is 5. The second-order valence-electron chi connectivity index (χ2n) is 8.89. The molecule has 176 valence electrons. The van der Waals surface area contributed by atoms with E-state index >= 15 is 0 Å². The Labute approximate surface area is 201 Å². The van der Waals surface area contributed by atoms with Gasteiger partial charge in [0.05, 0.1) is 17.6 Å². The highest BCUT2D eigenvalue weighted by molar-refractivity contribution is 6.06. The molecule has 2 heterocycles. The van der Waals surface area contributed by atoms with Crippen molar-refractivity contribution in [3.05, 3.63) is 110 Å². The Hall–Kier alpha value is -4.39. The molecule has 0 spiro atoms. The average molecular weight is 467 g/mol. The summed E-state index contributed by atoms with van der Waals surface area (Å²) in [5.74, 6) is -0.336. The number of aromatic nitrogens is 3. The van der Waals surface area contributed by atoms with Gasteiger partial charge < -0.3 is 9.88 Å². The fraction of sp³-hybridized carbons (Fsp3) is 0.179. The molecule has 0 saturated heterocycles. The van der Waals surface area contributed by atoms with E-state index in [1.165, 1.54) is 9.13 Å². The smallest absolute Gasteiger partial charge is 0.332 e. The van der Waals surface area contributed by atoms with Crippen molar-refractivity contribution in [2.24, 2.45) is 7.05 Å². The maximum Gasteiger partial charge on any atom is 0.332 e. The van der Waals surface area contributed by atoms with Gasteiger partial charge in [-0.2, -0.15) is 0 Å². The van der Waals surface area contributed by atoms with Crippen LogP contribution < -0.4 is 16.6 Å². The molecule has 0 atom stereocenters. The summed E-state index contributed by atoms with van der Waals surface area (Å²) in [5.41, 5.74) is 4.25. The first kappa shape index (κ1) is 22.4. The Bertz CT molecular complexity index is 1710. The number of amides is 1. The molecule has 7 heteroatoms. The SMILES string of the molecule is Cc1ccc2c(c1)c1c(c(=O)n(Cc3ccccc3)c(=O)n1CC(=O)Nc1ccccc1C)n2C. The van der Waals surface area contributed by atoms with E-state index in [-0.39, 0.29) is 24.6 Å². The van der Waals surface area contributed by atoms with E-state index in [1.807, 2.05) is 98.3 Å². The van der Waals surface area contributed by atoms with Gasteiger partial charge in [-0.1, -0.05) is 60.2 Å². The monoisotopic (exact) mass is 466 g/mol. The lowest BCUT2D eigenvalue weighted by Gasteiger charge is -2.14. The number of fused-ring (bicyclic) bond motifs is 3. The zero-order valence-electron chi connectivity index (χ0n) is 19.9. The number of hydrogen-bond donors (Lipinski definition) is 1. The molecule has 0 aliphatic heterocycles. The van der Waals surface area contributed by atoms with Crippen molar-refractivity contribution >= 4 is 33.5 Å². The summed E-state index contributed by atoms with van der Waals surface area (Å²) >= 11 is 0. The average Bonchev–Trinajstić information content (AvgIpc) is 3.13. The van der Waals surface area contributed by atoms with E-state index in [1.54, 1.807) is 0 Å². The Kier molecular flexibility index (Phi) is 5.61. The van der Waals surface area contributed by atoms with Crippen LogP contribution in [0.4, 0.5) is 5.69 Å². The van der Waals surface area contributed by atoms with Crippen LogP contribution in [0.2, 0.25) is 0 Å². The van der Waals surface area contributed by atoms with Crippen LogP contribution in [0.3, 0.4) is 0 Å². The molecule has 0 saturated carbocycles. The highest BCUT2D eigenvalue weighted by Crippen LogP contribution is 2.26. The van der Waals surface area contributed by atoms with Crippen molar-refractivity contribution in [1.82, 2.24) is 13.7 Å². The van der Waals surface area contributed by atoms with Crippen molar-refractivity contribution in [1.29, 1.82) is 0 Å². The zero-order valence-corrected chi connectivity index (χ0v) is 19.9. The largest absolute Gasteiger partial charge is 0.338 e. The summed E-state index contributed by atoms with van der Waals surface area (Å²) in [6.45, 7) is 3.77. The minimum absolute atomic E-state index is 0.119. The lowest BCUT2D eigenvalue weighted by molar-refractivity contribution is -0.116. The van der Waals surface area contributed by atoms with E-state index in [4.69, 9.17) is 0 Å². The number of anilines is 1. The van der Waals surface area contributed by atoms with Gasteiger partial charge in [-0.25, -0.2) is 4.79 Å². The van der Waals surface area contributed by atoms with Gasteiger partial charge >= 0.3 is 5.69 Å². The zero-order chi connectivity index (χ0) is 24.7. The Balaban J connectivity index is 1.73. The first-order valence-corrected chi connectivity index (χ1v) is 11.5. The third kappa shape index (κ3) is 3.95. The second kappa shape index (κ2) is 8.76. The minimum atomic E-state index is -0.514. The van der Waals surface area contributed by atoms with Gasteiger partial charge in [0.25, 0.3) is 5.56 Å². The number of carbonyl (C=O) groups is 1. The first-order chi connectivity index (χ1) is 16.8.